The molecule has 0 heterocycles. The Hall–Kier alpha value is -3.97. The average molecular weight is 558 g/mol. The number of urea groups is 1. The molecule has 4 N–H and O–H groups in total. The Balaban J connectivity index is 2.21. The number of amides is 2. The largest absolute Gasteiger partial charge is 0.573 e. The van der Waals surface area contributed by atoms with Crippen LogP contribution in [0.4, 0.5) is 31.1 Å². The number of ether oxygens (including phenoxy) is 2. The molecule has 210 valence electrons. The van der Waals surface area contributed by atoms with E-state index in [1.807, 2.05) is 0 Å². The highest BCUT2D eigenvalue weighted by Gasteiger charge is 2.39. The Morgan fingerprint density at radius 1 is 0.795 bits per heavy atom. The van der Waals surface area contributed by atoms with Gasteiger partial charge in [-0.15, -0.1) is 26.3 Å². The number of nitrogens with one attached hydrogen (secondary N) is 2. The van der Waals surface area contributed by atoms with E-state index in [0.29, 0.717) is 5.56 Å². The summed E-state index contributed by atoms with van der Waals surface area (Å²) in [7, 11) is 0. The number of benzene rings is 3. The van der Waals surface area contributed by atoms with Crippen LogP contribution < -0.4 is 20.1 Å². The predicted octanol–water partition coefficient (Wildman–Crippen LogP) is 4.62. The molecule has 0 aliphatic carbocycles. The molecule has 2 amide bonds. The molecule has 1 atom stereocenters. The first kappa shape index (κ1) is 29.6. The molecular weight excluding hydrogens is 534 g/mol. The first-order valence-electron chi connectivity index (χ1n) is 11.4. The maximum Gasteiger partial charge on any atom is 0.573 e. The number of hydrogen-bond donors (Lipinski definition) is 4. The molecular formula is C26H24F6N2O5. The Bertz CT molecular complexity index is 1180. The molecule has 7 nitrogen and oxygen atoms in total. The highest BCUT2D eigenvalue weighted by Crippen LogP contribution is 2.38. The van der Waals surface area contributed by atoms with E-state index < -0.39 is 55.0 Å². The first-order valence-corrected chi connectivity index (χ1v) is 11.4. The van der Waals surface area contributed by atoms with E-state index in [4.69, 9.17) is 5.11 Å². The number of alkyl halides is 6. The number of rotatable bonds is 10. The third-order valence-corrected chi connectivity index (χ3v) is 5.47. The zero-order chi connectivity index (χ0) is 28.7. The predicted molar refractivity (Wildman–Crippen MR) is 127 cm³/mol. The Labute approximate surface area is 219 Å². The molecule has 0 spiro atoms. The quantitative estimate of drug-likeness (QED) is 0.272. The lowest BCUT2D eigenvalue weighted by atomic mass is 9.77. The number of aliphatic hydroxyl groups is 2. The van der Waals surface area contributed by atoms with E-state index in [9.17, 15) is 36.2 Å². The Kier molecular flexibility index (Phi) is 9.30. The van der Waals surface area contributed by atoms with Gasteiger partial charge in [-0.3, -0.25) is 0 Å². The maximum absolute atomic E-state index is 13.0. The van der Waals surface area contributed by atoms with Gasteiger partial charge in [-0.25, -0.2) is 4.79 Å². The second kappa shape index (κ2) is 12.3. The summed E-state index contributed by atoms with van der Waals surface area (Å²) in [6, 6.07) is 16.8. The smallest absolute Gasteiger partial charge is 0.406 e. The van der Waals surface area contributed by atoms with E-state index in [1.54, 1.807) is 30.3 Å². The normalized spacial score (nSPS) is 12.9. The molecule has 0 aliphatic heterocycles. The van der Waals surface area contributed by atoms with Crippen LogP contribution in [-0.2, 0) is 12.0 Å². The maximum atomic E-state index is 13.0. The standard InChI is InChI=1S/C26H24F6N2O5/c27-25(28,29)38-21-10-4-8-18(12-21)24(14-17-6-2-1-3-7-17,34-23(37)33-15-20(36)16-35)19-9-5-11-22(13-19)39-26(30,31)32/h1-13,20,35-36H,14-16H2,(H2,33,34,37)/t20-/m0/s1. The van der Waals surface area contributed by atoms with Crippen LogP contribution >= 0.6 is 0 Å². The van der Waals surface area contributed by atoms with Crippen LogP contribution in [0, 0.1) is 0 Å². The Morgan fingerprint density at radius 3 is 1.77 bits per heavy atom. The summed E-state index contributed by atoms with van der Waals surface area (Å²) in [6.07, 6.45) is -11.5. The van der Waals surface area contributed by atoms with Crippen molar-refractivity contribution in [2.75, 3.05) is 13.2 Å². The van der Waals surface area contributed by atoms with Gasteiger partial charge in [-0.2, -0.15) is 0 Å². The van der Waals surface area contributed by atoms with Gasteiger partial charge in [0.2, 0.25) is 0 Å². The van der Waals surface area contributed by atoms with Gasteiger partial charge in [0, 0.05) is 13.0 Å². The summed E-state index contributed by atoms with van der Waals surface area (Å²) in [5.74, 6) is -1.25. The summed E-state index contributed by atoms with van der Waals surface area (Å²) in [5.41, 5.74) is -1.13. The summed E-state index contributed by atoms with van der Waals surface area (Å²) < 4.78 is 86.1. The number of carbonyl (C=O) groups excluding carboxylic acids is 1. The van der Waals surface area contributed by atoms with Gasteiger partial charge in [0.25, 0.3) is 0 Å². The third-order valence-electron chi connectivity index (χ3n) is 5.47. The Morgan fingerprint density at radius 2 is 1.31 bits per heavy atom. The molecule has 0 radical (unpaired) electrons. The number of hydrogen-bond acceptors (Lipinski definition) is 5. The molecule has 13 heteroatoms. The molecule has 0 aliphatic rings. The van der Waals surface area contributed by atoms with Gasteiger partial charge >= 0.3 is 18.8 Å². The van der Waals surface area contributed by atoms with E-state index in [2.05, 4.69) is 20.1 Å². The van der Waals surface area contributed by atoms with Crippen LogP contribution in [0.15, 0.2) is 78.9 Å². The summed E-state index contributed by atoms with van der Waals surface area (Å²) in [4.78, 5) is 13.0. The summed E-state index contributed by atoms with van der Waals surface area (Å²) in [6.45, 7) is -1.05. The van der Waals surface area contributed by atoms with Crippen LogP contribution in [-0.4, -0.2) is 48.2 Å². The van der Waals surface area contributed by atoms with E-state index in [1.165, 1.54) is 24.3 Å². The minimum Gasteiger partial charge on any atom is -0.406 e. The SMILES string of the molecule is O=C(NC[C@H](O)CO)NC(Cc1ccccc1)(c1cccc(OC(F)(F)F)c1)c1cccc(OC(F)(F)F)c1. The van der Waals surface area contributed by atoms with Gasteiger partial charge in [-0.1, -0.05) is 54.6 Å². The summed E-state index contributed by atoms with van der Waals surface area (Å²) >= 11 is 0. The topological polar surface area (TPSA) is 100 Å². The molecule has 0 fully saturated rings. The van der Waals surface area contributed by atoms with Crippen molar-refractivity contribution < 1.29 is 50.8 Å². The molecule has 3 aromatic rings. The highest BCUT2D eigenvalue weighted by molar-refractivity contribution is 5.76. The van der Waals surface area contributed by atoms with Crippen LogP contribution in [0.1, 0.15) is 16.7 Å². The fourth-order valence-corrected chi connectivity index (χ4v) is 3.89. The molecule has 3 rings (SSSR count). The van der Waals surface area contributed by atoms with Crippen molar-refractivity contribution in [2.45, 2.75) is 30.8 Å². The minimum atomic E-state index is -5.04. The molecule has 0 saturated heterocycles. The summed E-state index contributed by atoms with van der Waals surface area (Å²) in [5, 5.41) is 23.7. The van der Waals surface area contributed by atoms with Gasteiger partial charge in [0.05, 0.1) is 18.2 Å². The van der Waals surface area contributed by atoms with Crippen molar-refractivity contribution in [3.05, 3.63) is 95.6 Å². The van der Waals surface area contributed by atoms with Crippen molar-refractivity contribution in [1.82, 2.24) is 10.6 Å². The number of aliphatic hydroxyl groups excluding tert-OH is 2. The van der Waals surface area contributed by atoms with E-state index in [-0.39, 0.29) is 17.5 Å². The molecule has 0 saturated carbocycles. The molecule has 3 aromatic carbocycles. The van der Waals surface area contributed by atoms with Crippen LogP contribution in [0.25, 0.3) is 0 Å². The van der Waals surface area contributed by atoms with Crippen LogP contribution in [0.3, 0.4) is 0 Å². The highest BCUT2D eigenvalue weighted by atomic mass is 19.4. The van der Waals surface area contributed by atoms with Gasteiger partial charge in [-0.05, 0) is 41.0 Å². The second-order valence-electron chi connectivity index (χ2n) is 8.39. The minimum absolute atomic E-state index is 0.0371. The lowest BCUT2D eigenvalue weighted by molar-refractivity contribution is -0.275. The lowest BCUT2D eigenvalue weighted by Gasteiger charge is -2.37. The monoisotopic (exact) mass is 558 g/mol. The van der Waals surface area contributed by atoms with Crippen molar-refractivity contribution in [2.24, 2.45) is 0 Å². The average Bonchev–Trinajstić information content (AvgIpc) is 2.85. The van der Waals surface area contributed by atoms with Gasteiger partial charge in [0.15, 0.2) is 0 Å². The lowest BCUT2D eigenvalue weighted by Crippen LogP contribution is -2.53. The van der Waals surface area contributed by atoms with Crippen molar-refractivity contribution in [3.8, 4) is 11.5 Å². The molecule has 0 bridgehead atoms. The van der Waals surface area contributed by atoms with E-state index >= 15 is 0 Å². The first-order chi connectivity index (χ1) is 18.3. The fourth-order valence-electron chi connectivity index (χ4n) is 3.89. The van der Waals surface area contributed by atoms with Crippen molar-refractivity contribution in [3.63, 3.8) is 0 Å². The van der Waals surface area contributed by atoms with Gasteiger partial charge in [0.1, 0.15) is 11.5 Å². The zero-order valence-corrected chi connectivity index (χ0v) is 20.1. The molecule has 0 aromatic heterocycles. The molecule has 0 unspecified atom stereocenters. The third kappa shape index (κ3) is 8.79. The fraction of sp³-hybridized carbons (Fsp3) is 0.269. The number of carbonyl (C=O) groups is 1. The molecule has 39 heavy (non-hydrogen) atoms. The van der Waals surface area contributed by atoms with Gasteiger partial charge < -0.3 is 30.3 Å². The van der Waals surface area contributed by atoms with Crippen LogP contribution in [0.5, 0.6) is 11.5 Å². The van der Waals surface area contributed by atoms with E-state index in [0.717, 1.165) is 24.3 Å². The zero-order valence-electron chi connectivity index (χ0n) is 20.1. The number of halogens is 6. The van der Waals surface area contributed by atoms with Crippen molar-refractivity contribution >= 4 is 6.03 Å². The van der Waals surface area contributed by atoms with Crippen molar-refractivity contribution in [1.29, 1.82) is 0 Å². The van der Waals surface area contributed by atoms with Crippen LogP contribution in [0.2, 0.25) is 0 Å². The second-order valence-corrected chi connectivity index (χ2v) is 8.39.